The van der Waals surface area contributed by atoms with Crippen molar-refractivity contribution in [1.29, 1.82) is 0 Å². The Balaban J connectivity index is 2.01. The molecule has 1 aliphatic rings. The lowest BCUT2D eigenvalue weighted by atomic mass is 10.0. The molecule has 3 N–H and O–H groups in total. The van der Waals surface area contributed by atoms with Gasteiger partial charge < -0.3 is 15.2 Å². The van der Waals surface area contributed by atoms with Crippen molar-refractivity contribution in [2.75, 3.05) is 11.9 Å². The van der Waals surface area contributed by atoms with Crippen LogP contribution in [0.15, 0.2) is 30.4 Å². The molecule has 25 heavy (non-hydrogen) atoms. The highest BCUT2D eigenvalue weighted by molar-refractivity contribution is 5.99. The number of hydrogen-bond donors (Lipinski definition) is 3. The van der Waals surface area contributed by atoms with Crippen molar-refractivity contribution < 1.29 is 32.6 Å². The summed E-state index contributed by atoms with van der Waals surface area (Å²) in [5.74, 6) is -0.868. The summed E-state index contributed by atoms with van der Waals surface area (Å²) in [4.78, 5) is 23.6. The first-order valence-electron chi connectivity index (χ1n) is 7.56. The topological polar surface area (TPSA) is 87.7 Å². The lowest BCUT2D eigenvalue weighted by Crippen LogP contribution is -2.34. The van der Waals surface area contributed by atoms with Crippen molar-refractivity contribution >= 4 is 17.7 Å². The molecule has 0 heterocycles. The molecule has 136 valence electrons. The van der Waals surface area contributed by atoms with Crippen molar-refractivity contribution in [1.82, 2.24) is 5.32 Å². The number of carbonyl (C=O) groups is 2. The highest BCUT2D eigenvalue weighted by atomic mass is 19.4. The van der Waals surface area contributed by atoms with E-state index in [2.05, 4.69) is 15.4 Å². The van der Waals surface area contributed by atoms with Crippen molar-refractivity contribution in [3.05, 3.63) is 35.9 Å². The largest absolute Gasteiger partial charge is 0.507 e. The second-order valence-electron chi connectivity index (χ2n) is 5.49. The van der Waals surface area contributed by atoms with Gasteiger partial charge in [0.25, 0.3) is 5.91 Å². The van der Waals surface area contributed by atoms with Gasteiger partial charge in [-0.1, -0.05) is 12.2 Å². The number of rotatable bonds is 4. The molecule has 1 unspecified atom stereocenters. The molecule has 0 saturated carbocycles. The van der Waals surface area contributed by atoms with E-state index in [1.54, 1.807) is 0 Å². The summed E-state index contributed by atoms with van der Waals surface area (Å²) in [5, 5.41) is 14.6. The summed E-state index contributed by atoms with van der Waals surface area (Å²) in [6.07, 6.45) is 0.495. The summed E-state index contributed by atoms with van der Waals surface area (Å²) in [6.45, 7) is -1.72. The fourth-order valence-corrected chi connectivity index (χ4v) is 2.28. The number of nitrogens with one attached hydrogen (secondary N) is 2. The van der Waals surface area contributed by atoms with E-state index in [9.17, 15) is 27.9 Å². The van der Waals surface area contributed by atoms with E-state index >= 15 is 0 Å². The Morgan fingerprint density at radius 3 is 2.72 bits per heavy atom. The SMILES string of the molecule is O=C(Nc1ccc(O)c(C(=O)NC2C=CCCC2)c1)OCC(F)(F)F. The molecule has 1 aliphatic carbocycles. The van der Waals surface area contributed by atoms with Crippen LogP contribution >= 0.6 is 0 Å². The first-order chi connectivity index (χ1) is 11.7. The minimum atomic E-state index is -4.63. The van der Waals surface area contributed by atoms with E-state index in [4.69, 9.17) is 0 Å². The predicted octanol–water partition coefficient (Wildman–Crippen LogP) is 3.34. The average molecular weight is 358 g/mol. The van der Waals surface area contributed by atoms with E-state index in [0.29, 0.717) is 0 Å². The van der Waals surface area contributed by atoms with Gasteiger partial charge in [0, 0.05) is 11.7 Å². The lowest BCUT2D eigenvalue weighted by Gasteiger charge is -2.18. The van der Waals surface area contributed by atoms with E-state index in [-0.39, 0.29) is 23.0 Å². The number of benzene rings is 1. The molecular formula is C16H17F3N2O4. The van der Waals surface area contributed by atoms with Gasteiger partial charge in [0.2, 0.25) is 0 Å². The standard InChI is InChI=1S/C16H17F3N2O4/c17-16(18,19)9-25-15(24)21-11-6-7-13(22)12(8-11)14(23)20-10-4-2-1-3-5-10/h2,4,6-8,10,22H,1,3,5,9H2,(H,20,23)(H,21,24). The molecule has 2 amide bonds. The molecule has 1 aromatic carbocycles. The molecule has 0 saturated heterocycles. The van der Waals surface area contributed by atoms with Crippen LogP contribution in [-0.2, 0) is 4.74 Å². The Labute approximate surface area is 141 Å². The fraction of sp³-hybridized carbons (Fsp3) is 0.375. The third kappa shape index (κ3) is 6.02. The van der Waals surface area contributed by atoms with E-state index in [1.165, 1.54) is 6.07 Å². The van der Waals surface area contributed by atoms with Crippen LogP contribution in [0, 0.1) is 0 Å². The zero-order chi connectivity index (χ0) is 18.4. The molecule has 0 aromatic heterocycles. The number of allylic oxidation sites excluding steroid dienone is 1. The maximum Gasteiger partial charge on any atom is 0.422 e. The Kier molecular flexibility index (Phi) is 5.89. The summed E-state index contributed by atoms with van der Waals surface area (Å²) in [5.41, 5.74) is -0.0816. The molecule has 0 fully saturated rings. The first-order valence-corrected chi connectivity index (χ1v) is 7.56. The first kappa shape index (κ1) is 18.6. The molecular weight excluding hydrogens is 341 g/mol. The Morgan fingerprint density at radius 1 is 1.32 bits per heavy atom. The van der Waals surface area contributed by atoms with Gasteiger partial charge in [0.05, 0.1) is 5.56 Å². The lowest BCUT2D eigenvalue weighted by molar-refractivity contribution is -0.159. The third-order valence-corrected chi connectivity index (χ3v) is 3.43. The van der Waals surface area contributed by atoms with Gasteiger partial charge in [0.1, 0.15) is 5.75 Å². The highest BCUT2D eigenvalue weighted by Gasteiger charge is 2.29. The molecule has 6 nitrogen and oxygen atoms in total. The summed E-state index contributed by atoms with van der Waals surface area (Å²) < 4.78 is 40.0. The highest BCUT2D eigenvalue weighted by Crippen LogP contribution is 2.23. The van der Waals surface area contributed by atoms with Crippen LogP contribution in [0.4, 0.5) is 23.7 Å². The molecule has 1 atom stereocenters. The van der Waals surface area contributed by atoms with Gasteiger partial charge in [-0.05, 0) is 37.5 Å². The molecule has 2 rings (SSSR count). The number of ether oxygens (including phenoxy) is 1. The number of phenols is 1. The van der Waals surface area contributed by atoms with E-state index < -0.39 is 24.8 Å². The van der Waals surface area contributed by atoms with Gasteiger partial charge in [-0.3, -0.25) is 10.1 Å². The molecule has 0 spiro atoms. The molecule has 0 radical (unpaired) electrons. The van der Waals surface area contributed by atoms with Crippen molar-refractivity contribution in [3.8, 4) is 5.75 Å². The Morgan fingerprint density at radius 2 is 2.08 bits per heavy atom. The van der Waals surface area contributed by atoms with Crippen LogP contribution in [0.25, 0.3) is 0 Å². The van der Waals surface area contributed by atoms with Gasteiger partial charge >= 0.3 is 12.3 Å². The van der Waals surface area contributed by atoms with Crippen LogP contribution in [0.1, 0.15) is 29.6 Å². The zero-order valence-electron chi connectivity index (χ0n) is 13.1. The smallest absolute Gasteiger partial charge is 0.422 e. The average Bonchev–Trinajstić information content (AvgIpc) is 2.55. The normalized spacial score (nSPS) is 17.0. The number of aromatic hydroxyl groups is 1. The number of halogens is 3. The minimum Gasteiger partial charge on any atom is -0.507 e. The van der Waals surface area contributed by atoms with Gasteiger partial charge in [-0.2, -0.15) is 13.2 Å². The number of hydrogen-bond acceptors (Lipinski definition) is 4. The molecule has 0 aliphatic heterocycles. The van der Waals surface area contributed by atoms with E-state index in [1.807, 2.05) is 12.2 Å². The number of carbonyl (C=O) groups excluding carboxylic acids is 2. The number of phenolic OH excluding ortho intramolecular Hbond substituents is 1. The fourth-order valence-electron chi connectivity index (χ4n) is 2.28. The summed E-state index contributed by atoms with van der Waals surface area (Å²) >= 11 is 0. The number of alkyl halides is 3. The van der Waals surface area contributed by atoms with Crippen LogP contribution in [-0.4, -0.2) is 35.9 Å². The molecule has 1 aromatic rings. The zero-order valence-corrected chi connectivity index (χ0v) is 13.1. The van der Waals surface area contributed by atoms with Crippen LogP contribution < -0.4 is 10.6 Å². The second kappa shape index (κ2) is 7.91. The number of anilines is 1. The quantitative estimate of drug-likeness (QED) is 0.569. The van der Waals surface area contributed by atoms with E-state index in [0.717, 1.165) is 31.4 Å². The minimum absolute atomic E-state index is 0.0225. The Hall–Kier alpha value is -2.71. The Bertz CT molecular complexity index is 674. The predicted molar refractivity (Wildman–Crippen MR) is 83.4 cm³/mol. The summed E-state index contributed by atoms with van der Waals surface area (Å²) in [6, 6.07) is 3.40. The van der Waals surface area contributed by atoms with Crippen molar-refractivity contribution in [2.24, 2.45) is 0 Å². The van der Waals surface area contributed by atoms with Gasteiger partial charge in [-0.25, -0.2) is 4.79 Å². The molecule has 9 heteroatoms. The van der Waals surface area contributed by atoms with Crippen molar-refractivity contribution in [3.63, 3.8) is 0 Å². The number of amides is 2. The second-order valence-corrected chi connectivity index (χ2v) is 5.49. The van der Waals surface area contributed by atoms with Crippen LogP contribution in [0.5, 0.6) is 5.75 Å². The summed E-state index contributed by atoms with van der Waals surface area (Å²) in [7, 11) is 0. The van der Waals surface area contributed by atoms with Crippen LogP contribution in [0.2, 0.25) is 0 Å². The maximum atomic E-state index is 12.2. The van der Waals surface area contributed by atoms with Gasteiger partial charge in [-0.15, -0.1) is 0 Å². The third-order valence-electron chi connectivity index (χ3n) is 3.43. The molecule has 0 bridgehead atoms. The van der Waals surface area contributed by atoms with Gasteiger partial charge in [0.15, 0.2) is 6.61 Å². The monoisotopic (exact) mass is 358 g/mol. The van der Waals surface area contributed by atoms with Crippen molar-refractivity contribution in [2.45, 2.75) is 31.5 Å². The maximum absolute atomic E-state index is 12.2. The van der Waals surface area contributed by atoms with Crippen LogP contribution in [0.3, 0.4) is 0 Å².